The number of guanidine groups is 1. The van der Waals surface area contributed by atoms with Gasteiger partial charge in [-0.15, -0.1) is 0 Å². The minimum absolute atomic E-state index is 0.508. The Balaban J connectivity index is 1.61. The van der Waals surface area contributed by atoms with Gasteiger partial charge in [0.15, 0.2) is 5.96 Å². The molecule has 3 nitrogen and oxygen atoms in total. The topological polar surface area (TPSA) is 41.6 Å². The molecule has 21 heavy (non-hydrogen) atoms. The van der Waals surface area contributed by atoms with Crippen molar-refractivity contribution in [2.24, 2.45) is 10.7 Å². The lowest BCUT2D eigenvalue weighted by molar-refractivity contribution is 0.226. The van der Waals surface area contributed by atoms with Crippen molar-refractivity contribution >= 4 is 5.96 Å². The van der Waals surface area contributed by atoms with Gasteiger partial charge in [-0.05, 0) is 31.2 Å². The molecule has 0 aromatic heterocycles. The standard InChI is InChI=1S/C18H27N3/c19-18-20-14-17(13-12-15-8-4-3-5-9-15)21(18)16-10-6-1-2-7-11-16/h3-5,8-9,16-17H,1-2,6-7,10-14H2,(H2,19,20). The SMILES string of the molecule is NC1=NCC(CCc2ccccc2)N1C1CCCCCC1. The zero-order valence-corrected chi connectivity index (χ0v) is 12.9. The summed E-state index contributed by atoms with van der Waals surface area (Å²) in [7, 11) is 0. The van der Waals surface area contributed by atoms with Crippen LogP contribution in [0.2, 0.25) is 0 Å². The molecule has 2 aliphatic rings. The molecule has 1 aromatic rings. The number of hydrogen-bond acceptors (Lipinski definition) is 3. The maximum Gasteiger partial charge on any atom is 0.191 e. The number of nitrogens with two attached hydrogens (primary N) is 1. The van der Waals surface area contributed by atoms with Gasteiger partial charge in [-0.3, -0.25) is 4.99 Å². The van der Waals surface area contributed by atoms with E-state index in [-0.39, 0.29) is 0 Å². The molecule has 1 aliphatic carbocycles. The van der Waals surface area contributed by atoms with Crippen LogP contribution in [0.25, 0.3) is 0 Å². The molecule has 1 unspecified atom stereocenters. The van der Waals surface area contributed by atoms with Gasteiger partial charge >= 0.3 is 0 Å². The fourth-order valence-corrected chi connectivity index (χ4v) is 3.79. The quantitative estimate of drug-likeness (QED) is 0.862. The van der Waals surface area contributed by atoms with E-state index in [4.69, 9.17) is 5.73 Å². The summed E-state index contributed by atoms with van der Waals surface area (Å²) >= 11 is 0. The van der Waals surface area contributed by atoms with Crippen LogP contribution in [0.15, 0.2) is 35.3 Å². The van der Waals surface area contributed by atoms with Crippen molar-refractivity contribution < 1.29 is 0 Å². The first-order valence-electron chi connectivity index (χ1n) is 8.47. The molecule has 0 amide bonds. The number of nitrogens with zero attached hydrogens (tertiary/aromatic N) is 2. The highest BCUT2D eigenvalue weighted by Gasteiger charge is 2.31. The second kappa shape index (κ2) is 6.97. The first-order valence-corrected chi connectivity index (χ1v) is 8.47. The van der Waals surface area contributed by atoms with Crippen molar-refractivity contribution in [3.63, 3.8) is 0 Å². The van der Waals surface area contributed by atoms with Crippen LogP contribution in [0.3, 0.4) is 0 Å². The van der Waals surface area contributed by atoms with Crippen molar-refractivity contribution in [3.8, 4) is 0 Å². The average molecular weight is 285 g/mol. The third-order valence-electron chi connectivity index (χ3n) is 4.95. The number of hydrogen-bond donors (Lipinski definition) is 1. The summed E-state index contributed by atoms with van der Waals surface area (Å²) < 4.78 is 0. The minimum Gasteiger partial charge on any atom is -0.370 e. The summed E-state index contributed by atoms with van der Waals surface area (Å²) in [6, 6.07) is 11.9. The van der Waals surface area contributed by atoms with Crippen LogP contribution in [-0.4, -0.2) is 29.5 Å². The Morgan fingerprint density at radius 3 is 2.48 bits per heavy atom. The van der Waals surface area contributed by atoms with Crippen LogP contribution in [0.4, 0.5) is 0 Å². The highest BCUT2D eigenvalue weighted by molar-refractivity contribution is 5.80. The Hall–Kier alpha value is -1.51. The van der Waals surface area contributed by atoms with Gasteiger partial charge in [0.1, 0.15) is 0 Å². The minimum atomic E-state index is 0.508. The molecule has 2 N–H and O–H groups in total. The third-order valence-corrected chi connectivity index (χ3v) is 4.95. The van der Waals surface area contributed by atoms with Crippen LogP contribution >= 0.6 is 0 Å². The Bertz CT molecular complexity index is 461. The van der Waals surface area contributed by atoms with Crippen LogP contribution in [0.5, 0.6) is 0 Å². The van der Waals surface area contributed by atoms with Crippen molar-refractivity contribution in [1.29, 1.82) is 0 Å². The lowest BCUT2D eigenvalue weighted by atomic mass is 10.0. The predicted molar refractivity (Wildman–Crippen MR) is 88.4 cm³/mol. The molecule has 1 heterocycles. The summed E-state index contributed by atoms with van der Waals surface area (Å²) in [6.45, 7) is 0.884. The first-order chi connectivity index (χ1) is 10.3. The van der Waals surface area contributed by atoms with Gasteiger partial charge in [0.25, 0.3) is 0 Å². The Kier molecular flexibility index (Phi) is 4.79. The second-order valence-electron chi connectivity index (χ2n) is 6.43. The van der Waals surface area contributed by atoms with Gasteiger partial charge in [-0.1, -0.05) is 56.0 Å². The maximum atomic E-state index is 6.20. The fourth-order valence-electron chi connectivity index (χ4n) is 3.79. The molecule has 1 saturated carbocycles. The molecule has 0 radical (unpaired) electrons. The Morgan fingerprint density at radius 2 is 1.76 bits per heavy atom. The van der Waals surface area contributed by atoms with Crippen LogP contribution in [0, 0.1) is 0 Å². The highest BCUT2D eigenvalue weighted by Crippen LogP contribution is 2.27. The normalized spacial score (nSPS) is 23.9. The largest absolute Gasteiger partial charge is 0.370 e. The smallest absolute Gasteiger partial charge is 0.191 e. The lowest BCUT2D eigenvalue weighted by Crippen LogP contribution is -2.47. The monoisotopic (exact) mass is 285 g/mol. The molecule has 0 spiro atoms. The van der Waals surface area contributed by atoms with Gasteiger partial charge in [0.05, 0.1) is 12.6 Å². The molecule has 1 aliphatic heterocycles. The van der Waals surface area contributed by atoms with Crippen LogP contribution in [0.1, 0.15) is 50.5 Å². The molecule has 0 bridgehead atoms. The van der Waals surface area contributed by atoms with E-state index in [2.05, 4.69) is 40.2 Å². The Morgan fingerprint density at radius 1 is 1.05 bits per heavy atom. The second-order valence-corrected chi connectivity index (χ2v) is 6.43. The molecule has 114 valence electrons. The lowest BCUT2D eigenvalue weighted by Gasteiger charge is -2.34. The van der Waals surface area contributed by atoms with E-state index in [0.717, 1.165) is 25.3 Å². The molecule has 1 aromatic carbocycles. The maximum absolute atomic E-state index is 6.20. The molecule has 1 atom stereocenters. The summed E-state index contributed by atoms with van der Waals surface area (Å²) in [5.41, 5.74) is 7.62. The van der Waals surface area contributed by atoms with E-state index in [1.54, 1.807) is 0 Å². The van der Waals surface area contributed by atoms with E-state index in [1.807, 2.05) is 0 Å². The average Bonchev–Trinajstić information content (AvgIpc) is 2.73. The van der Waals surface area contributed by atoms with Crippen molar-refractivity contribution in [3.05, 3.63) is 35.9 Å². The van der Waals surface area contributed by atoms with Gasteiger partial charge in [0, 0.05) is 6.04 Å². The van der Waals surface area contributed by atoms with E-state index >= 15 is 0 Å². The molecular formula is C18H27N3. The predicted octanol–water partition coefficient (Wildman–Crippen LogP) is 3.34. The van der Waals surface area contributed by atoms with E-state index in [0.29, 0.717) is 12.1 Å². The van der Waals surface area contributed by atoms with E-state index < -0.39 is 0 Å². The number of aliphatic imine (C=N–C) groups is 1. The molecule has 3 rings (SSSR count). The van der Waals surface area contributed by atoms with E-state index in [1.165, 1.54) is 44.1 Å². The van der Waals surface area contributed by atoms with Crippen LogP contribution in [-0.2, 0) is 6.42 Å². The van der Waals surface area contributed by atoms with Gasteiger partial charge in [-0.2, -0.15) is 0 Å². The molecular weight excluding hydrogens is 258 g/mol. The summed E-state index contributed by atoms with van der Waals surface area (Å²) in [4.78, 5) is 6.99. The fraction of sp³-hybridized carbons (Fsp3) is 0.611. The number of aryl methyl sites for hydroxylation is 1. The zero-order valence-electron chi connectivity index (χ0n) is 12.9. The summed E-state index contributed by atoms with van der Waals surface area (Å²) in [5.74, 6) is 0.792. The Labute approximate surface area is 128 Å². The van der Waals surface area contributed by atoms with Crippen LogP contribution < -0.4 is 5.73 Å². The van der Waals surface area contributed by atoms with Crippen molar-refractivity contribution in [2.75, 3.05) is 6.54 Å². The number of benzene rings is 1. The van der Waals surface area contributed by atoms with Gasteiger partial charge in [0.2, 0.25) is 0 Å². The summed E-state index contributed by atoms with van der Waals surface area (Å²) in [6.07, 6.45) is 10.3. The van der Waals surface area contributed by atoms with Gasteiger partial charge < -0.3 is 10.6 Å². The first kappa shape index (κ1) is 14.4. The molecule has 1 fully saturated rings. The summed E-state index contributed by atoms with van der Waals surface area (Å²) in [5, 5.41) is 0. The van der Waals surface area contributed by atoms with Crippen molar-refractivity contribution in [2.45, 2.75) is 63.5 Å². The molecule has 0 saturated heterocycles. The van der Waals surface area contributed by atoms with Gasteiger partial charge in [-0.25, -0.2) is 0 Å². The third kappa shape index (κ3) is 3.58. The molecule has 3 heteroatoms. The zero-order chi connectivity index (χ0) is 14.5. The van der Waals surface area contributed by atoms with E-state index in [9.17, 15) is 0 Å². The number of rotatable bonds is 4. The van der Waals surface area contributed by atoms with Crippen molar-refractivity contribution in [1.82, 2.24) is 4.90 Å². The highest BCUT2D eigenvalue weighted by atomic mass is 15.3.